The minimum Gasteiger partial charge on any atom is -0.465 e. The van der Waals surface area contributed by atoms with E-state index >= 15 is 0 Å². The maximum absolute atomic E-state index is 12.0. The van der Waals surface area contributed by atoms with Crippen molar-refractivity contribution in [2.75, 3.05) is 19.7 Å². The second-order valence-electron chi connectivity index (χ2n) is 3.68. The largest absolute Gasteiger partial charge is 0.465 e. The molecule has 0 atom stereocenters. The van der Waals surface area contributed by atoms with Crippen LogP contribution in [0.1, 0.15) is 12.5 Å². The summed E-state index contributed by atoms with van der Waals surface area (Å²) >= 11 is 1.55. The van der Waals surface area contributed by atoms with Crippen LogP contribution in [0, 0.1) is 0 Å². The summed E-state index contributed by atoms with van der Waals surface area (Å²) in [5.74, 6) is -0.487. The van der Waals surface area contributed by atoms with E-state index in [1.807, 2.05) is 16.8 Å². The van der Waals surface area contributed by atoms with Crippen LogP contribution in [-0.4, -0.2) is 36.5 Å². The molecule has 0 aliphatic rings. The molecule has 0 spiro atoms. The van der Waals surface area contributed by atoms with Crippen LogP contribution < -0.4 is 0 Å². The molecule has 0 aliphatic heterocycles. The molecule has 0 bridgehead atoms. The number of hydrogen-bond acceptors (Lipinski definition) is 4. The summed E-state index contributed by atoms with van der Waals surface area (Å²) in [5, 5.41) is 3.85. The minimum absolute atomic E-state index is 0.0250. The molecule has 18 heavy (non-hydrogen) atoms. The lowest BCUT2D eigenvalue weighted by Crippen LogP contribution is -2.37. The molecule has 4 nitrogen and oxygen atoms in total. The Balaban J connectivity index is 2.57. The molecule has 98 valence electrons. The van der Waals surface area contributed by atoms with Gasteiger partial charge in [-0.1, -0.05) is 6.08 Å². The molecule has 0 aromatic carbocycles. The molecule has 1 amide bonds. The van der Waals surface area contributed by atoms with Gasteiger partial charge in [0.15, 0.2) is 0 Å². The molecule has 1 rings (SSSR count). The number of amides is 1. The van der Waals surface area contributed by atoms with Gasteiger partial charge in [0.1, 0.15) is 6.54 Å². The van der Waals surface area contributed by atoms with Crippen molar-refractivity contribution in [2.24, 2.45) is 0 Å². The highest BCUT2D eigenvalue weighted by Crippen LogP contribution is 2.08. The van der Waals surface area contributed by atoms with Gasteiger partial charge >= 0.3 is 5.97 Å². The van der Waals surface area contributed by atoms with Crippen molar-refractivity contribution in [3.63, 3.8) is 0 Å². The Morgan fingerprint density at radius 3 is 2.89 bits per heavy atom. The van der Waals surface area contributed by atoms with E-state index in [2.05, 4.69) is 6.58 Å². The number of esters is 1. The third-order valence-corrected chi connectivity index (χ3v) is 2.99. The molecule has 1 aromatic heterocycles. The molecular formula is C13H17NO3S. The quantitative estimate of drug-likeness (QED) is 0.559. The monoisotopic (exact) mass is 267 g/mol. The number of carbonyl (C=O) groups is 2. The molecule has 0 fully saturated rings. The highest BCUT2D eigenvalue weighted by atomic mass is 32.1. The van der Waals surface area contributed by atoms with Gasteiger partial charge in [0, 0.05) is 6.54 Å². The number of nitrogens with zero attached hydrogens (tertiary/aromatic N) is 1. The van der Waals surface area contributed by atoms with Gasteiger partial charge < -0.3 is 9.64 Å². The van der Waals surface area contributed by atoms with E-state index in [-0.39, 0.29) is 12.5 Å². The smallest absolute Gasteiger partial charge is 0.325 e. The van der Waals surface area contributed by atoms with E-state index in [4.69, 9.17) is 4.74 Å². The summed E-state index contributed by atoms with van der Waals surface area (Å²) in [4.78, 5) is 24.8. The highest BCUT2D eigenvalue weighted by Gasteiger charge is 2.17. The maximum Gasteiger partial charge on any atom is 0.325 e. The average molecular weight is 267 g/mol. The van der Waals surface area contributed by atoms with Crippen LogP contribution in [0.5, 0.6) is 0 Å². The molecule has 0 unspecified atom stereocenters. The predicted octanol–water partition coefficient (Wildman–Crippen LogP) is 1.87. The summed E-state index contributed by atoms with van der Waals surface area (Å²) in [5.41, 5.74) is 0.961. The van der Waals surface area contributed by atoms with Crippen LogP contribution in [0.2, 0.25) is 0 Å². The molecule has 0 N–H and O–H groups in total. The summed E-state index contributed by atoms with van der Waals surface area (Å²) < 4.78 is 4.84. The van der Waals surface area contributed by atoms with Gasteiger partial charge in [0.05, 0.1) is 13.0 Å². The number of thiophene rings is 1. The van der Waals surface area contributed by atoms with Crippen molar-refractivity contribution >= 4 is 23.2 Å². The van der Waals surface area contributed by atoms with Crippen LogP contribution >= 0.6 is 11.3 Å². The second-order valence-corrected chi connectivity index (χ2v) is 4.46. The molecule has 0 saturated carbocycles. The zero-order chi connectivity index (χ0) is 13.4. The van der Waals surface area contributed by atoms with E-state index in [9.17, 15) is 9.59 Å². The fourth-order valence-corrected chi connectivity index (χ4v) is 2.12. The molecule has 1 heterocycles. The Labute approximate surface area is 111 Å². The van der Waals surface area contributed by atoms with Gasteiger partial charge in [-0.25, -0.2) is 0 Å². The fraction of sp³-hybridized carbons (Fsp3) is 0.385. The van der Waals surface area contributed by atoms with Crippen molar-refractivity contribution in [3.05, 3.63) is 35.0 Å². The van der Waals surface area contributed by atoms with Gasteiger partial charge in [-0.3, -0.25) is 9.59 Å². The second kappa shape index (κ2) is 7.66. The predicted molar refractivity (Wildman–Crippen MR) is 71.4 cm³/mol. The third kappa shape index (κ3) is 4.71. The van der Waals surface area contributed by atoms with Crippen molar-refractivity contribution < 1.29 is 14.3 Å². The standard InChI is InChI=1S/C13H17NO3S/c1-3-6-14(9-13(16)17-4-2)12(15)8-11-5-7-18-10-11/h3,5,7,10H,1,4,6,8-9H2,2H3. The Kier molecular flexibility index (Phi) is 6.14. The Bertz CT molecular complexity index is 400. The molecule has 0 saturated heterocycles. The lowest BCUT2D eigenvalue weighted by atomic mass is 10.2. The zero-order valence-electron chi connectivity index (χ0n) is 10.4. The average Bonchev–Trinajstić information content (AvgIpc) is 2.81. The lowest BCUT2D eigenvalue weighted by Gasteiger charge is -2.19. The fourth-order valence-electron chi connectivity index (χ4n) is 1.45. The number of ether oxygens (including phenoxy) is 1. The highest BCUT2D eigenvalue weighted by molar-refractivity contribution is 7.07. The van der Waals surface area contributed by atoms with Gasteiger partial charge in [0.2, 0.25) is 5.91 Å². The molecule has 0 aliphatic carbocycles. The molecule has 0 radical (unpaired) electrons. The van der Waals surface area contributed by atoms with Crippen LogP contribution in [-0.2, 0) is 20.7 Å². The van der Waals surface area contributed by atoms with Crippen molar-refractivity contribution in [3.8, 4) is 0 Å². The van der Waals surface area contributed by atoms with E-state index < -0.39 is 5.97 Å². The van der Waals surface area contributed by atoms with Gasteiger partial charge in [-0.05, 0) is 29.3 Å². The van der Waals surface area contributed by atoms with Gasteiger partial charge in [0.25, 0.3) is 0 Å². The van der Waals surface area contributed by atoms with Crippen molar-refractivity contribution in [1.82, 2.24) is 4.90 Å². The first-order chi connectivity index (χ1) is 8.67. The summed E-state index contributed by atoms with van der Waals surface area (Å²) in [6.07, 6.45) is 1.90. The normalized spacial score (nSPS) is 9.83. The lowest BCUT2D eigenvalue weighted by molar-refractivity contribution is -0.148. The van der Waals surface area contributed by atoms with Crippen LogP contribution in [0.3, 0.4) is 0 Å². The molecular weight excluding hydrogens is 250 g/mol. The van der Waals surface area contributed by atoms with E-state index in [1.165, 1.54) is 4.90 Å². The number of hydrogen-bond donors (Lipinski definition) is 0. The van der Waals surface area contributed by atoms with E-state index in [0.717, 1.165) is 5.56 Å². The van der Waals surface area contributed by atoms with Crippen LogP contribution in [0.15, 0.2) is 29.5 Å². The summed E-state index contributed by atoms with van der Waals surface area (Å²) in [7, 11) is 0. The minimum atomic E-state index is -0.391. The first kappa shape index (κ1) is 14.4. The maximum atomic E-state index is 12.0. The van der Waals surface area contributed by atoms with Gasteiger partial charge in [-0.2, -0.15) is 11.3 Å². The SMILES string of the molecule is C=CCN(CC(=O)OCC)C(=O)Cc1ccsc1. The Morgan fingerprint density at radius 2 is 2.33 bits per heavy atom. The van der Waals surface area contributed by atoms with E-state index in [1.54, 1.807) is 24.3 Å². The first-order valence-corrected chi connectivity index (χ1v) is 6.67. The molecule has 1 aromatic rings. The van der Waals surface area contributed by atoms with Gasteiger partial charge in [-0.15, -0.1) is 6.58 Å². The zero-order valence-corrected chi connectivity index (χ0v) is 11.2. The number of carbonyl (C=O) groups excluding carboxylic acids is 2. The Morgan fingerprint density at radius 1 is 1.56 bits per heavy atom. The summed E-state index contributed by atoms with van der Waals surface area (Å²) in [6, 6.07) is 1.90. The van der Waals surface area contributed by atoms with Crippen LogP contribution in [0.25, 0.3) is 0 Å². The van der Waals surface area contributed by atoms with Crippen molar-refractivity contribution in [1.29, 1.82) is 0 Å². The first-order valence-electron chi connectivity index (χ1n) is 5.72. The Hall–Kier alpha value is -1.62. The number of rotatable bonds is 7. The third-order valence-electron chi connectivity index (χ3n) is 2.26. The molecule has 5 heteroatoms. The summed E-state index contributed by atoms with van der Waals surface area (Å²) in [6.45, 7) is 5.97. The topological polar surface area (TPSA) is 46.6 Å². The van der Waals surface area contributed by atoms with E-state index in [0.29, 0.717) is 19.6 Å². The van der Waals surface area contributed by atoms with Crippen LogP contribution in [0.4, 0.5) is 0 Å². The van der Waals surface area contributed by atoms with Crippen molar-refractivity contribution in [2.45, 2.75) is 13.3 Å².